The van der Waals surface area contributed by atoms with E-state index in [4.69, 9.17) is 5.84 Å². The van der Waals surface area contributed by atoms with Crippen LogP contribution in [-0.4, -0.2) is 24.4 Å². The van der Waals surface area contributed by atoms with Crippen molar-refractivity contribution in [1.29, 1.82) is 0 Å². The van der Waals surface area contributed by atoms with E-state index in [0.717, 1.165) is 12.8 Å². The van der Waals surface area contributed by atoms with Gasteiger partial charge in [0, 0.05) is 6.04 Å². The lowest BCUT2D eigenvalue weighted by atomic mass is 10.0. The first-order valence-corrected chi connectivity index (χ1v) is 7.68. The second kappa shape index (κ2) is 6.78. The molecule has 0 amide bonds. The lowest BCUT2D eigenvalue weighted by Crippen LogP contribution is -2.34. The third-order valence-electron chi connectivity index (χ3n) is 2.88. The van der Waals surface area contributed by atoms with Crippen molar-refractivity contribution in [2.75, 3.05) is 5.43 Å². The van der Waals surface area contributed by atoms with Crippen LogP contribution in [0.25, 0.3) is 0 Å². The molecule has 0 spiro atoms. The van der Waals surface area contributed by atoms with Gasteiger partial charge in [-0.05, 0) is 19.3 Å². The van der Waals surface area contributed by atoms with Crippen molar-refractivity contribution in [2.24, 2.45) is 11.8 Å². The van der Waals surface area contributed by atoms with Gasteiger partial charge >= 0.3 is 0 Å². The zero-order chi connectivity index (χ0) is 14.5. The number of hydrogen-bond donors (Lipinski definition) is 3. The number of hydrogen-bond acceptors (Lipinski definition) is 6. The largest absolute Gasteiger partial charge is 0.292 e. The molecule has 0 aliphatic heterocycles. The van der Waals surface area contributed by atoms with Gasteiger partial charge in [-0.15, -0.1) is 0 Å². The van der Waals surface area contributed by atoms with E-state index < -0.39 is 10.0 Å². The maximum Gasteiger partial charge on any atom is 0.243 e. The van der Waals surface area contributed by atoms with Gasteiger partial charge in [0.25, 0.3) is 0 Å². The Labute approximate surface area is 114 Å². The first-order valence-electron chi connectivity index (χ1n) is 6.20. The molecule has 2 atom stereocenters. The predicted octanol–water partition coefficient (Wildman–Crippen LogP) is 0.865. The molecule has 1 aromatic rings. The number of hydrazine groups is 1. The van der Waals surface area contributed by atoms with Crippen molar-refractivity contribution in [3.05, 3.63) is 12.4 Å². The van der Waals surface area contributed by atoms with Gasteiger partial charge in [0.1, 0.15) is 4.90 Å². The van der Waals surface area contributed by atoms with Gasteiger partial charge in [-0.1, -0.05) is 20.3 Å². The molecule has 108 valence electrons. The second-order valence-electron chi connectivity index (χ2n) is 4.66. The van der Waals surface area contributed by atoms with E-state index in [1.54, 1.807) is 0 Å². The van der Waals surface area contributed by atoms with Crippen molar-refractivity contribution in [3.63, 3.8) is 0 Å². The topological polar surface area (TPSA) is 110 Å². The summed E-state index contributed by atoms with van der Waals surface area (Å²) in [5.74, 6) is 5.76. The highest BCUT2D eigenvalue weighted by Gasteiger charge is 2.19. The highest BCUT2D eigenvalue weighted by atomic mass is 32.2. The molecule has 1 rings (SSSR count). The molecule has 4 N–H and O–H groups in total. The molecule has 0 aliphatic carbocycles. The van der Waals surface area contributed by atoms with E-state index in [-0.39, 0.29) is 16.9 Å². The molecule has 1 heterocycles. The summed E-state index contributed by atoms with van der Waals surface area (Å²) in [6.45, 7) is 6.02. The van der Waals surface area contributed by atoms with Gasteiger partial charge < -0.3 is 0 Å². The quantitative estimate of drug-likeness (QED) is 0.507. The number of nitrogens with one attached hydrogen (secondary N) is 2. The molecule has 8 heteroatoms. The lowest BCUT2D eigenvalue weighted by Gasteiger charge is -2.17. The molecule has 0 bridgehead atoms. The van der Waals surface area contributed by atoms with E-state index in [1.165, 1.54) is 12.4 Å². The summed E-state index contributed by atoms with van der Waals surface area (Å²) in [4.78, 5) is 7.59. The third-order valence-corrected chi connectivity index (χ3v) is 4.42. The number of nitrogens with zero attached hydrogens (tertiary/aromatic N) is 2. The molecule has 19 heavy (non-hydrogen) atoms. The molecule has 1 aromatic heterocycles. The maximum atomic E-state index is 12.1. The predicted molar refractivity (Wildman–Crippen MR) is 73.7 cm³/mol. The van der Waals surface area contributed by atoms with Gasteiger partial charge in [0.05, 0.1) is 12.4 Å². The van der Waals surface area contributed by atoms with E-state index >= 15 is 0 Å². The standard InChI is InChI=1S/C11H21N5O2S/c1-4-8(2)5-9(3)16-19(17,18)10-6-13-11(15-12)14-7-10/h6-9,16H,4-5,12H2,1-3H3,(H,13,14,15). The molecule has 2 unspecified atom stereocenters. The van der Waals surface area contributed by atoms with Gasteiger partial charge in [0.15, 0.2) is 0 Å². The molecule has 0 aromatic carbocycles. The van der Waals surface area contributed by atoms with Crippen LogP contribution >= 0.6 is 0 Å². The number of sulfonamides is 1. The average molecular weight is 287 g/mol. The summed E-state index contributed by atoms with van der Waals surface area (Å²) < 4.78 is 26.8. The molecule has 7 nitrogen and oxygen atoms in total. The first kappa shape index (κ1) is 15.8. The number of aromatic nitrogens is 2. The molecule has 0 saturated heterocycles. The summed E-state index contributed by atoms with van der Waals surface area (Å²) in [5.41, 5.74) is 2.24. The Morgan fingerprint density at radius 2 is 1.89 bits per heavy atom. The first-order chi connectivity index (χ1) is 8.89. The molecule has 0 radical (unpaired) electrons. The van der Waals surface area contributed by atoms with Crippen LogP contribution in [0.5, 0.6) is 0 Å². The average Bonchev–Trinajstić information content (AvgIpc) is 2.37. The minimum Gasteiger partial charge on any atom is -0.292 e. The van der Waals surface area contributed by atoms with Crippen LogP contribution in [0, 0.1) is 5.92 Å². The summed E-state index contributed by atoms with van der Waals surface area (Å²) >= 11 is 0. The fourth-order valence-corrected chi connectivity index (χ4v) is 2.83. The fraction of sp³-hybridized carbons (Fsp3) is 0.636. The Balaban J connectivity index is 2.74. The zero-order valence-electron chi connectivity index (χ0n) is 11.4. The Hall–Kier alpha value is -1.25. The zero-order valence-corrected chi connectivity index (χ0v) is 12.2. The highest BCUT2D eigenvalue weighted by molar-refractivity contribution is 7.89. The minimum absolute atomic E-state index is 0.0301. The van der Waals surface area contributed by atoms with Crippen molar-refractivity contribution >= 4 is 16.0 Å². The van der Waals surface area contributed by atoms with Gasteiger partial charge in [-0.3, -0.25) is 5.43 Å². The van der Waals surface area contributed by atoms with Crippen molar-refractivity contribution in [3.8, 4) is 0 Å². The van der Waals surface area contributed by atoms with Gasteiger partial charge in [0.2, 0.25) is 16.0 Å². The van der Waals surface area contributed by atoms with Crippen molar-refractivity contribution < 1.29 is 8.42 Å². The Kier molecular flexibility index (Phi) is 5.64. The number of nitrogens with two attached hydrogens (primary N) is 1. The summed E-state index contributed by atoms with van der Waals surface area (Å²) in [5, 5.41) is 0. The monoisotopic (exact) mass is 287 g/mol. The van der Waals surface area contributed by atoms with Crippen LogP contribution in [0.1, 0.15) is 33.6 Å². The molecular formula is C11H21N5O2S. The van der Waals surface area contributed by atoms with Crippen LogP contribution in [0.2, 0.25) is 0 Å². The summed E-state index contributed by atoms with van der Waals surface area (Å²) in [6.07, 6.45) is 4.26. The summed E-state index contributed by atoms with van der Waals surface area (Å²) in [7, 11) is -3.58. The van der Waals surface area contributed by atoms with E-state index in [0.29, 0.717) is 5.92 Å². The SMILES string of the molecule is CCC(C)CC(C)NS(=O)(=O)c1cnc(NN)nc1. The molecule has 0 saturated carbocycles. The molecular weight excluding hydrogens is 266 g/mol. The fourth-order valence-electron chi connectivity index (χ4n) is 1.68. The molecule has 0 aliphatic rings. The van der Waals surface area contributed by atoms with E-state index in [1.807, 2.05) is 6.92 Å². The number of anilines is 1. The lowest BCUT2D eigenvalue weighted by molar-refractivity contribution is 0.445. The van der Waals surface area contributed by atoms with Crippen molar-refractivity contribution in [1.82, 2.24) is 14.7 Å². The van der Waals surface area contributed by atoms with Crippen molar-refractivity contribution in [2.45, 2.75) is 44.6 Å². The van der Waals surface area contributed by atoms with E-state index in [2.05, 4.69) is 34.0 Å². The van der Waals surface area contributed by atoms with Crippen LogP contribution in [0.15, 0.2) is 17.3 Å². The Bertz CT molecular complexity index is 488. The smallest absolute Gasteiger partial charge is 0.243 e. The van der Waals surface area contributed by atoms with Crippen LogP contribution in [0.3, 0.4) is 0 Å². The summed E-state index contributed by atoms with van der Waals surface area (Å²) in [6, 6.07) is -0.132. The maximum absolute atomic E-state index is 12.1. The number of rotatable bonds is 7. The normalized spacial score (nSPS) is 14.9. The van der Waals surface area contributed by atoms with Crippen LogP contribution in [0.4, 0.5) is 5.95 Å². The Morgan fingerprint density at radius 3 is 2.37 bits per heavy atom. The van der Waals surface area contributed by atoms with Crippen LogP contribution < -0.4 is 16.0 Å². The van der Waals surface area contributed by atoms with Crippen LogP contribution in [-0.2, 0) is 10.0 Å². The minimum atomic E-state index is -3.58. The Morgan fingerprint density at radius 1 is 1.32 bits per heavy atom. The second-order valence-corrected chi connectivity index (χ2v) is 6.37. The van der Waals surface area contributed by atoms with Gasteiger partial charge in [-0.2, -0.15) is 0 Å². The number of nitrogen functional groups attached to an aromatic ring is 1. The van der Waals surface area contributed by atoms with E-state index in [9.17, 15) is 8.42 Å². The highest BCUT2D eigenvalue weighted by Crippen LogP contribution is 2.13. The van der Waals surface area contributed by atoms with Gasteiger partial charge in [-0.25, -0.2) is 29.0 Å². The molecule has 0 fully saturated rings. The third kappa shape index (κ3) is 4.73.